The van der Waals surface area contributed by atoms with Crippen molar-refractivity contribution in [1.29, 1.82) is 0 Å². The number of fused-ring (bicyclic) bond motifs is 1. The van der Waals surface area contributed by atoms with Gasteiger partial charge in [-0.2, -0.15) is 0 Å². The molecule has 2 aromatic carbocycles. The van der Waals surface area contributed by atoms with Gasteiger partial charge in [-0.05, 0) is 24.6 Å². The Morgan fingerprint density at radius 1 is 0.968 bits per heavy atom. The van der Waals surface area contributed by atoms with Gasteiger partial charge < -0.3 is 25.8 Å². The van der Waals surface area contributed by atoms with Crippen LogP contribution in [0, 0.1) is 0 Å². The van der Waals surface area contributed by atoms with E-state index in [1.807, 2.05) is 0 Å². The zero-order valence-corrected chi connectivity index (χ0v) is 16.8. The van der Waals surface area contributed by atoms with Crippen molar-refractivity contribution < 1.29 is 29.0 Å². The average molecular weight is 425 g/mol. The average Bonchev–Trinajstić information content (AvgIpc) is 2.75. The molecule has 1 aliphatic heterocycles. The van der Waals surface area contributed by atoms with Crippen LogP contribution in [0.5, 0.6) is 5.75 Å². The summed E-state index contributed by atoms with van der Waals surface area (Å²) in [6, 6.07) is 12.0. The molecule has 1 heterocycles. The van der Waals surface area contributed by atoms with E-state index in [9.17, 15) is 24.3 Å². The highest BCUT2D eigenvalue weighted by molar-refractivity contribution is 6.00. The molecular weight excluding hydrogens is 402 g/mol. The van der Waals surface area contributed by atoms with E-state index in [-0.39, 0.29) is 17.9 Å². The number of nitrogens with one attached hydrogen (secondary N) is 3. The number of carboxylic acid groups (broad SMARTS) is 1. The predicted octanol–water partition coefficient (Wildman–Crippen LogP) is 1.01. The Hall–Kier alpha value is -3.88. The minimum atomic E-state index is -1.48. The summed E-state index contributed by atoms with van der Waals surface area (Å²) in [6.45, 7) is 1.80. The Morgan fingerprint density at radius 2 is 1.65 bits per heavy atom. The van der Waals surface area contributed by atoms with E-state index >= 15 is 0 Å². The molecule has 1 aliphatic rings. The number of carbonyl (C=O) groups excluding carboxylic acids is 3. The topological polar surface area (TPSA) is 134 Å². The molecule has 0 aliphatic carbocycles. The molecule has 3 rings (SSSR count). The van der Waals surface area contributed by atoms with Crippen molar-refractivity contribution in [2.45, 2.75) is 31.5 Å². The number of carbonyl (C=O) groups is 4. The molecule has 0 fully saturated rings. The van der Waals surface area contributed by atoms with Crippen molar-refractivity contribution in [3.63, 3.8) is 0 Å². The summed E-state index contributed by atoms with van der Waals surface area (Å²) in [5.41, 5.74) is 0.668. The Bertz CT molecular complexity index is 978. The Kier molecular flexibility index (Phi) is 6.86. The first-order chi connectivity index (χ1) is 14.8. The van der Waals surface area contributed by atoms with Gasteiger partial charge in [0.25, 0.3) is 5.91 Å². The normalized spacial score (nSPS) is 22.6. The van der Waals surface area contributed by atoms with Gasteiger partial charge in [0, 0.05) is 0 Å². The lowest BCUT2D eigenvalue weighted by atomic mass is 10.0. The number of hydrogen-bond acceptors (Lipinski definition) is 5. The number of para-hydroxylation sites is 1. The molecule has 3 atom stereocenters. The first-order valence-electron chi connectivity index (χ1n) is 9.75. The highest BCUT2D eigenvalue weighted by Gasteiger charge is 2.29. The number of benzene rings is 2. The summed E-state index contributed by atoms with van der Waals surface area (Å²) in [7, 11) is 0. The van der Waals surface area contributed by atoms with Crippen LogP contribution in [0.2, 0.25) is 0 Å². The highest BCUT2D eigenvalue weighted by atomic mass is 16.5. The predicted molar refractivity (Wildman–Crippen MR) is 110 cm³/mol. The van der Waals surface area contributed by atoms with Crippen LogP contribution in [0.1, 0.15) is 35.3 Å². The van der Waals surface area contributed by atoms with Gasteiger partial charge in [0.05, 0.1) is 18.0 Å². The maximum Gasteiger partial charge on any atom is 0.326 e. The molecule has 0 saturated heterocycles. The Morgan fingerprint density at radius 3 is 2.35 bits per heavy atom. The van der Waals surface area contributed by atoms with Gasteiger partial charge in [0.15, 0.2) is 0 Å². The molecule has 9 nitrogen and oxygen atoms in total. The van der Waals surface area contributed by atoms with E-state index in [0.29, 0.717) is 5.56 Å². The smallest absolute Gasteiger partial charge is 0.326 e. The van der Waals surface area contributed by atoms with Crippen molar-refractivity contribution >= 4 is 23.7 Å². The fourth-order valence-corrected chi connectivity index (χ4v) is 3.15. The third kappa shape index (κ3) is 5.59. The van der Waals surface area contributed by atoms with E-state index in [4.69, 9.17) is 4.74 Å². The summed E-state index contributed by atoms with van der Waals surface area (Å²) in [5.74, 6) is -2.96. The van der Waals surface area contributed by atoms with Gasteiger partial charge in [0.1, 0.15) is 24.4 Å². The summed E-state index contributed by atoms with van der Waals surface area (Å²) in [4.78, 5) is 49.8. The fraction of sp³-hybridized carbons (Fsp3) is 0.273. The largest absolute Gasteiger partial charge is 0.491 e. The quantitative estimate of drug-likeness (QED) is 0.568. The van der Waals surface area contributed by atoms with Crippen LogP contribution in [-0.2, 0) is 14.4 Å². The van der Waals surface area contributed by atoms with E-state index in [2.05, 4.69) is 16.0 Å². The van der Waals surface area contributed by atoms with Crippen LogP contribution < -0.4 is 20.7 Å². The highest BCUT2D eigenvalue weighted by Crippen LogP contribution is 2.19. The Balaban J connectivity index is 1.94. The molecule has 0 aromatic heterocycles. The van der Waals surface area contributed by atoms with Gasteiger partial charge in [-0.15, -0.1) is 0 Å². The molecule has 9 heteroatoms. The van der Waals surface area contributed by atoms with Crippen LogP contribution in [0.15, 0.2) is 54.6 Å². The third-order valence-electron chi connectivity index (χ3n) is 4.70. The molecule has 0 saturated carbocycles. The van der Waals surface area contributed by atoms with Gasteiger partial charge in [-0.3, -0.25) is 14.4 Å². The first-order valence-corrected chi connectivity index (χ1v) is 9.75. The zero-order valence-electron chi connectivity index (χ0n) is 16.8. The molecular formula is C22H23N3O6. The lowest BCUT2D eigenvalue weighted by Gasteiger charge is -2.24. The van der Waals surface area contributed by atoms with Gasteiger partial charge >= 0.3 is 5.97 Å². The van der Waals surface area contributed by atoms with Crippen molar-refractivity contribution in [3.05, 3.63) is 65.7 Å². The Labute approximate surface area is 178 Å². The monoisotopic (exact) mass is 425 g/mol. The van der Waals surface area contributed by atoms with E-state index in [0.717, 1.165) is 0 Å². The molecule has 4 N–H and O–H groups in total. The maximum atomic E-state index is 12.9. The molecule has 31 heavy (non-hydrogen) atoms. The van der Waals surface area contributed by atoms with Crippen LogP contribution in [0.4, 0.5) is 0 Å². The van der Waals surface area contributed by atoms with Gasteiger partial charge in [-0.25, -0.2) is 4.79 Å². The molecule has 2 aromatic rings. The van der Waals surface area contributed by atoms with E-state index in [1.165, 1.54) is 6.07 Å². The minimum Gasteiger partial charge on any atom is -0.491 e. The second kappa shape index (κ2) is 9.75. The van der Waals surface area contributed by atoms with Crippen LogP contribution >= 0.6 is 0 Å². The van der Waals surface area contributed by atoms with E-state index < -0.39 is 48.2 Å². The summed E-state index contributed by atoms with van der Waals surface area (Å²) in [5, 5.41) is 17.2. The SMILES string of the molecule is C[C@H]1COc2ccccc2C(=O)N[C@H](C(=O)O)CC(=O)N[C@@H](c2ccccc2)C(=O)N1. The molecule has 0 unspecified atom stereocenters. The molecule has 0 radical (unpaired) electrons. The van der Waals surface area contributed by atoms with Gasteiger partial charge in [-0.1, -0.05) is 42.5 Å². The summed E-state index contributed by atoms with van der Waals surface area (Å²) < 4.78 is 5.71. The number of aliphatic carboxylic acids is 1. The number of ether oxygens (including phenoxy) is 1. The first kappa shape index (κ1) is 21.8. The minimum absolute atomic E-state index is 0.0633. The lowest BCUT2D eigenvalue weighted by molar-refractivity contribution is -0.141. The van der Waals surface area contributed by atoms with Crippen molar-refractivity contribution in [1.82, 2.24) is 16.0 Å². The summed E-state index contributed by atoms with van der Waals surface area (Å²) >= 11 is 0. The maximum absolute atomic E-state index is 12.9. The molecule has 0 bridgehead atoms. The van der Waals surface area contributed by atoms with E-state index in [1.54, 1.807) is 55.5 Å². The molecule has 0 spiro atoms. The third-order valence-corrected chi connectivity index (χ3v) is 4.70. The lowest BCUT2D eigenvalue weighted by Crippen LogP contribution is -2.48. The second-order valence-corrected chi connectivity index (χ2v) is 7.20. The standard InChI is InChI=1S/C22H23N3O6/c1-13-12-31-17-10-6-5-9-15(17)20(27)24-16(22(29)30)11-18(26)25-19(21(28)23-13)14-7-3-2-4-8-14/h2-10,13,16,19H,11-12H2,1H3,(H,23,28)(H,24,27)(H,25,26)(H,29,30)/t13-,16-,19-/m0/s1. The van der Waals surface area contributed by atoms with Crippen molar-refractivity contribution in [2.75, 3.05) is 6.61 Å². The van der Waals surface area contributed by atoms with Crippen LogP contribution in [0.25, 0.3) is 0 Å². The zero-order chi connectivity index (χ0) is 22.4. The van der Waals surface area contributed by atoms with Crippen molar-refractivity contribution in [3.8, 4) is 5.75 Å². The number of rotatable bonds is 2. The number of hydrogen-bond donors (Lipinski definition) is 4. The van der Waals surface area contributed by atoms with Crippen LogP contribution in [0.3, 0.4) is 0 Å². The van der Waals surface area contributed by atoms with Crippen LogP contribution in [-0.4, -0.2) is 47.5 Å². The molecule has 3 amide bonds. The second-order valence-electron chi connectivity index (χ2n) is 7.20. The number of carboxylic acids is 1. The van der Waals surface area contributed by atoms with Crippen molar-refractivity contribution in [2.24, 2.45) is 0 Å². The number of amides is 3. The molecule has 162 valence electrons. The fourth-order valence-electron chi connectivity index (χ4n) is 3.15. The van der Waals surface area contributed by atoms with Gasteiger partial charge in [0.2, 0.25) is 11.8 Å². The summed E-state index contributed by atoms with van der Waals surface area (Å²) in [6.07, 6.45) is -0.545.